The van der Waals surface area contributed by atoms with Crippen LogP contribution >= 0.6 is 0 Å². The van der Waals surface area contributed by atoms with Gasteiger partial charge >= 0.3 is 0 Å². The number of nitrogens with one attached hydrogen (secondary N) is 1. The van der Waals surface area contributed by atoms with Crippen LogP contribution in [0.5, 0.6) is 0 Å². The second-order valence-corrected chi connectivity index (χ2v) is 4.43. The lowest BCUT2D eigenvalue weighted by Crippen LogP contribution is -2.06. The molecule has 1 heterocycles. The van der Waals surface area contributed by atoms with Crippen molar-refractivity contribution in [1.82, 2.24) is 9.97 Å². The molecule has 0 aliphatic rings. The van der Waals surface area contributed by atoms with Crippen LogP contribution in [0.3, 0.4) is 0 Å². The van der Waals surface area contributed by atoms with Crippen LogP contribution in [0.1, 0.15) is 22.6 Å². The minimum absolute atomic E-state index is 0.252. The maximum absolute atomic E-state index is 13.8. The molecule has 19 heavy (non-hydrogen) atoms. The normalized spacial score (nSPS) is 10.5. The van der Waals surface area contributed by atoms with Crippen LogP contribution in [0.4, 0.5) is 10.2 Å². The molecular weight excluding hydrogens is 243 g/mol. The summed E-state index contributed by atoms with van der Waals surface area (Å²) in [5.74, 6) is 1.15. The van der Waals surface area contributed by atoms with E-state index in [9.17, 15) is 4.39 Å². The van der Waals surface area contributed by atoms with Crippen molar-refractivity contribution in [2.45, 2.75) is 26.9 Å². The molecule has 2 aromatic rings. The monoisotopic (exact) mass is 260 g/mol. The van der Waals surface area contributed by atoms with Crippen LogP contribution in [0.25, 0.3) is 0 Å². The molecule has 0 saturated carbocycles. The predicted molar refractivity (Wildman–Crippen MR) is 73.1 cm³/mol. The van der Waals surface area contributed by atoms with E-state index in [4.69, 9.17) is 5.73 Å². The fraction of sp³-hybridized carbons (Fsp3) is 0.286. The van der Waals surface area contributed by atoms with Gasteiger partial charge in [0.1, 0.15) is 17.5 Å². The molecule has 0 aliphatic carbocycles. The summed E-state index contributed by atoms with van der Waals surface area (Å²) in [5, 5.41) is 3.10. The van der Waals surface area contributed by atoms with E-state index in [1.54, 1.807) is 6.07 Å². The molecule has 100 valence electrons. The summed E-state index contributed by atoms with van der Waals surface area (Å²) >= 11 is 0. The topological polar surface area (TPSA) is 63.8 Å². The lowest BCUT2D eigenvalue weighted by atomic mass is 10.1. The van der Waals surface area contributed by atoms with Gasteiger partial charge in [-0.15, -0.1) is 0 Å². The third-order valence-electron chi connectivity index (χ3n) is 2.78. The first-order valence-electron chi connectivity index (χ1n) is 6.12. The minimum Gasteiger partial charge on any atom is -0.366 e. The van der Waals surface area contributed by atoms with Gasteiger partial charge < -0.3 is 11.1 Å². The average molecular weight is 260 g/mol. The van der Waals surface area contributed by atoms with E-state index in [-0.39, 0.29) is 5.82 Å². The summed E-state index contributed by atoms with van der Waals surface area (Å²) in [4.78, 5) is 8.44. The number of nitrogens with zero attached hydrogens (tertiary/aromatic N) is 2. The van der Waals surface area contributed by atoms with Gasteiger partial charge in [0.2, 0.25) is 0 Å². The Morgan fingerprint density at radius 2 is 2.00 bits per heavy atom. The Bertz CT molecular complexity index is 563. The highest BCUT2D eigenvalue weighted by Crippen LogP contribution is 2.13. The van der Waals surface area contributed by atoms with Gasteiger partial charge in [-0.1, -0.05) is 12.1 Å². The molecule has 0 aliphatic heterocycles. The van der Waals surface area contributed by atoms with E-state index in [1.807, 2.05) is 26.0 Å². The van der Waals surface area contributed by atoms with Crippen molar-refractivity contribution in [3.63, 3.8) is 0 Å². The van der Waals surface area contributed by atoms with E-state index in [2.05, 4.69) is 15.3 Å². The maximum atomic E-state index is 13.8. The van der Waals surface area contributed by atoms with Gasteiger partial charge in [0, 0.05) is 30.4 Å². The van der Waals surface area contributed by atoms with Gasteiger partial charge in [0.25, 0.3) is 0 Å². The molecule has 0 saturated heterocycles. The number of anilines is 1. The molecule has 0 bridgehead atoms. The summed E-state index contributed by atoms with van der Waals surface area (Å²) in [6, 6.07) is 6.87. The first-order valence-corrected chi connectivity index (χ1v) is 6.12. The highest BCUT2D eigenvalue weighted by atomic mass is 19.1. The zero-order valence-corrected chi connectivity index (χ0v) is 11.1. The number of nitrogens with two attached hydrogens (primary N) is 1. The van der Waals surface area contributed by atoms with Gasteiger partial charge in [-0.2, -0.15) is 0 Å². The quantitative estimate of drug-likeness (QED) is 0.885. The van der Waals surface area contributed by atoms with Crippen molar-refractivity contribution in [2.24, 2.45) is 5.73 Å². The summed E-state index contributed by atoms with van der Waals surface area (Å²) in [5.41, 5.74) is 7.73. The van der Waals surface area contributed by atoms with Crippen molar-refractivity contribution < 1.29 is 4.39 Å². The minimum atomic E-state index is -0.252. The zero-order chi connectivity index (χ0) is 13.8. The van der Waals surface area contributed by atoms with Crippen LogP contribution in [0, 0.1) is 19.7 Å². The molecule has 2 rings (SSSR count). The Labute approximate surface area is 111 Å². The molecule has 0 unspecified atom stereocenters. The van der Waals surface area contributed by atoms with Crippen molar-refractivity contribution in [1.29, 1.82) is 0 Å². The Morgan fingerprint density at radius 3 is 2.63 bits per heavy atom. The first-order chi connectivity index (χ1) is 9.08. The Kier molecular flexibility index (Phi) is 4.06. The standard InChI is InChI=1S/C14H17FN4/c1-9-5-14(19-10(2)18-9)17-8-12-4-3-11(7-16)6-13(12)15/h3-6H,7-8,16H2,1-2H3,(H,17,18,19). The number of halogens is 1. The number of aromatic nitrogens is 2. The largest absolute Gasteiger partial charge is 0.366 e. The van der Waals surface area contributed by atoms with E-state index >= 15 is 0 Å². The van der Waals surface area contributed by atoms with Crippen LogP contribution in [-0.2, 0) is 13.1 Å². The zero-order valence-electron chi connectivity index (χ0n) is 11.1. The Balaban J connectivity index is 2.10. The summed E-state index contributed by atoms with van der Waals surface area (Å²) in [6.07, 6.45) is 0. The summed E-state index contributed by atoms with van der Waals surface area (Å²) < 4.78 is 13.8. The van der Waals surface area contributed by atoms with E-state index in [0.717, 1.165) is 11.3 Å². The number of aryl methyl sites for hydroxylation is 2. The lowest BCUT2D eigenvalue weighted by Gasteiger charge is -2.09. The number of hydrogen-bond acceptors (Lipinski definition) is 4. The molecular formula is C14H17FN4. The molecule has 1 aromatic carbocycles. The second kappa shape index (κ2) is 5.75. The summed E-state index contributed by atoms with van der Waals surface area (Å²) in [6.45, 7) is 4.45. The van der Waals surface area contributed by atoms with Crippen molar-refractivity contribution >= 4 is 5.82 Å². The van der Waals surface area contributed by atoms with Gasteiger partial charge in [0.15, 0.2) is 0 Å². The molecule has 1 aromatic heterocycles. The molecule has 4 nitrogen and oxygen atoms in total. The Hall–Kier alpha value is -2.01. The summed E-state index contributed by atoms with van der Waals surface area (Å²) in [7, 11) is 0. The van der Waals surface area contributed by atoms with E-state index in [1.165, 1.54) is 6.07 Å². The van der Waals surface area contributed by atoms with E-state index in [0.29, 0.717) is 30.3 Å². The second-order valence-electron chi connectivity index (χ2n) is 4.43. The molecule has 0 fully saturated rings. The molecule has 5 heteroatoms. The van der Waals surface area contributed by atoms with Gasteiger partial charge in [0.05, 0.1) is 0 Å². The Morgan fingerprint density at radius 1 is 1.21 bits per heavy atom. The SMILES string of the molecule is Cc1cc(NCc2ccc(CN)cc2F)nc(C)n1. The van der Waals surface area contributed by atoms with E-state index < -0.39 is 0 Å². The molecule has 3 N–H and O–H groups in total. The van der Waals surface area contributed by atoms with Crippen molar-refractivity contribution in [3.8, 4) is 0 Å². The fourth-order valence-corrected chi connectivity index (χ4v) is 1.85. The maximum Gasteiger partial charge on any atom is 0.130 e. The third kappa shape index (κ3) is 3.48. The van der Waals surface area contributed by atoms with Gasteiger partial charge in [-0.3, -0.25) is 0 Å². The van der Waals surface area contributed by atoms with Gasteiger partial charge in [-0.25, -0.2) is 14.4 Å². The smallest absolute Gasteiger partial charge is 0.130 e. The lowest BCUT2D eigenvalue weighted by molar-refractivity contribution is 0.610. The fourth-order valence-electron chi connectivity index (χ4n) is 1.85. The highest BCUT2D eigenvalue weighted by molar-refractivity contribution is 5.37. The number of hydrogen-bond donors (Lipinski definition) is 2. The van der Waals surface area contributed by atoms with Gasteiger partial charge in [-0.05, 0) is 25.5 Å². The molecule has 0 radical (unpaired) electrons. The van der Waals surface area contributed by atoms with Crippen LogP contribution in [0.2, 0.25) is 0 Å². The van der Waals surface area contributed by atoms with Crippen molar-refractivity contribution in [2.75, 3.05) is 5.32 Å². The number of rotatable bonds is 4. The van der Waals surface area contributed by atoms with Crippen molar-refractivity contribution in [3.05, 3.63) is 52.7 Å². The molecule has 0 amide bonds. The van der Waals surface area contributed by atoms with Crippen LogP contribution in [-0.4, -0.2) is 9.97 Å². The predicted octanol–water partition coefficient (Wildman–Crippen LogP) is 2.30. The average Bonchev–Trinajstić information content (AvgIpc) is 2.36. The molecule has 0 spiro atoms. The van der Waals surface area contributed by atoms with Crippen LogP contribution in [0.15, 0.2) is 24.3 Å². The van der Waals surface area contributed by atoms with Crippen LogP contribution < -0.4 is 11.1 Å². The molecule has 0 atom stereocenters. The third-order valence-corrected chi connectivity index (χ3v) is 2.78. The first kappa shape index (κ1) is 13.4. The number of benzene rings is 1. The highest BCUT2D eigenvalue weighted by Gasteiger charge is 2.04.